The van der Waals surface area contributed by atoms with Gasteiger partial charge in [0.1, 0.15) is 6.54 Å². The zero-order chi connectivity index (χ0) is 28.6. The Balaban J connectivity index is 1.22. The summed E-state index contributed by atoms with van der Waals surface area (Å²) in [4.78, 5) is 54.2. The van der Waals surface area contributed by atoms with E-state index >= 15 is 0 Å². The van der Waals surface area contributed by atoms with E-state index in [1.54, 1.807) is 24.3 Å². The van der Waals surface area contributed by atoms with Gasteiger partial charge >= 0.3 is 5.69 Å². The van der Waals surface area contributed by atoms with E-state index < -0.39 is 11.2 Å². The summed E-state index contributed by atoms with van der Waals surface area (Å²) >= 11 is 0. The minimum Gasteiger partial charge on any atom is -0.354 e. The van der Waals surface area contributed by atoms with Gasteiger partial charge in [0.15, 0.2) is 0 Å². The Morgan fingerprint density at radius 1 is 0.878 bits per heavy atom. The minimum absolute atomic E-state index is 0.00924. The smallest absolute Gasteiger partial charge is 0.331 e. The van der Waals surface area contributed by atoms with E-state index in [0.717, 1.165) is 25.7 Å². The maximum Gasteiger partial charge on any atom is 0.331 e. The number of rotatable bonds is 10. The minimum atomic E-state index is -0.528. The molecule has 0 bridgehead atoms. The monoisotopic (exact) mass is 554 g/mol. The van der Waals surface area contributed by atoms with E-state index in [4.69, 9.17) is 0 Å². The summed E-state index contributed by atoms with van der Waals surface area (Å²) in [5.74, 6) is -0.253. The highest BCUT2D eigenvalue weighted by Gasteiger charge is 2.19. The van der Waals surface area contributed by atoms with Crippen LogP contribution in [0.3, 0.4) is 0 Å². The Morgan fingerprint density at radius 3 is 2.44 bits per heavy atom. The highest BCUT2D eigenvalue weighted by atomic mass is 16.2. The second-order valence-electron chi connectivity index (χ2n) is 10.8. The van der Waals surface area contributed by atoms with E-state index in [2.05, 4.69) is 29.6 Å². The Hall–Kier alpha value is -4.20. The molecule has 8 nitrogen and oxygen atoms in total. The molecular formula is C33H38N4O4. The lowest BCUT2D eigenvalue weighted by atomic mass is 9.97. The number of hydrogen-bond acceptors (Lipinski definition) is 4. The number of aromatic nitrogens is 2. The van der Waals surface area contributed by atoms with Gasteiger partial charge in [-0.1, -0.05) is 60.2 Å². The molecule has 0 unspecified atom stereocenters. The van der Waals surface area contributed by atoms with E-state index in [1.807, 2.05) is 23.1 Å². The van der Waals surface area contributed by atoms with Crippen molar-refractivity contribution in [2.24, 2.45) is 0 Å². The van der Waals surface area contributed by atoms with Crippen LogP contribution in [0, 0.1) is 0 Å². The van der Waals surface area contributed by atoms with Crippen molar-refractivity contribution in [3.8, 4) is 0 Å². The largest absolute Gasteiger partial charge is 0.354 e. The zero-order valence-corrected chi connectivity index (χ0v) is 23.5. The Labute approximate surface area is 240 Å². The summed E-state index contributed by atoms with van der Waals surface area (Å²) in [7, 11) is 0. The summed E-state index contributed by atoms with van der Waals surface area (Å²) in [6.07, 6.45) is 11.2. The van der Waals surface area contributed by atoms with Gasteiger partial charge < -0.3 is 10.2 Å². The molecule has 41 heavy (non-hydrogen) atoms. The first-order valence-electron chi connectivity index (χ1n) is 14.7. The second kappa shape index (κ2) is 13.4. The average Bonchev–Trinajstić information content (AvgIpc) is 3.02. The van der Waals surface area contributed by atoms with Gasteiger partial charge in [-0.2, -0.15) is 0 Å². The quantitative estimate of drug-likeness (QED) is 0.379. The summed E-state index contributed by atoms with van der Waals surface area (Å²) < 4.78 is 2.54. The third kappa shape index (κ3) is 6.93. The van der Waals surface area contributed by atoms with Gasteiger partial charge in [-0.15, -0.1) is 0 Å². The first kappa shape index (κ1) is 28.3. The van der Waals surface area contributed by atoms with Crippen molar-refractivity contribution in [3.63, 3.8) is 0 Å². The van der Waals surface area contributed by atoms with Gasteiger partial charge in [-0.25, -0.2) is 4.79 Å². The van der Waals surface area contributed by atoms with Crippen molar-refractivity contribution in [1.29, 1.82) is 0 Å². The number of allylic oxidation sites excluding steroid dienone is 1. The number of carbonyl (C=O) groups excluding carboxylic acids is 2. The molecule has 2 aliphatic rings. The molecule has 0 saturated carbocycles. The third-order valence-electron chi connectivity index (χ3n) is 8.07. The molecule has 2 amide bonds. The summed E-state index contributed by atoms with van der Waals surface area (Å²) in [6.45, 7) is 1.68. The highest BCUT2D eigenvalue weighted by Crippen LogP contribution is 2.22. The maximum atomic E-state index is 13.4. The van der Waals surface area contributed by atoms with Crippen molar-refractivity contribution < 1.29 is 9.59 Å². The van der Waals surface area contributed by atoms with Gasteiger partial charge in [0, 0.05) is 32.6 Å². The molecule has 1 aromatic heterocycles. The number of benzene rings is 2. The SMILES string of the molecule is O=C(Cn1c(=O)n(CCCC(=O)N2CC=C(c3ccccc3)CC2)c(=O)c2ccccc21)NCCC1=CCCCC1. The summed E-state index contributed by atoms with van der Waals surface area (Å²) in [5.41, 5.74) is 3.32. The van der Waals surface area contributed by atoms with Crippen LogP contribution in [0.4, 0.5) is 0 Å². The average molecular weight is 555 g/mol. The van der Waals surface area contributed by atoms with Crippen molar-refractivity contribution in [2.75, 3.05) is 19.6 Å². The lowest BCUT2D eigenvalue weighted by Gasteiger charge is -2.27. The van der Waals surface area contributed by atoms with Crippen LogP contribution >= 0.6 is 0 Å². The predicted octanol–water partition coefficient (Wildman–Crippen LogP) is 4.27. The van der Waals surface area contributed by atoms with Crippen LogP contribution in [0.25, 0.3) is 16.5 Å². The van der Waals surface area contributed by atoms with Crippen molar-refractivity contribution in [1.82, 2.24) is 19.4 Å². The fraction of sp³-hybridized carbons (Fsp3) is 0.394. The van der Waals surface area contributed by atoms with Crippen molar-refractivity contribution in [3.05, 3.63) is 98.7 Å². The van der Waals surface area contributed by atoms with Crippen LogP contribution in [-0.4, -0.2) is 45.5 Å². The molecule has 2 heterocycles. The number of carbonyl (C=O) groups is 2. The molecule has 0 spiro atoms. The molecule has 0 radical (unpaired) electrons. The fourth-order valence-electron chi connectivity index (χ4n) is 5.77. The van der Waals surface area contributed by atoms with Crippen LogP contribution < -0.4 is 16.6 Å². The van der Waals surface area contributed by atoms with Crippen LogP contribution in [0.2, 0.25) is 0 Å². The second-order valence-corrected chi connectivity index (χ2v) is 10.8. The van der Waals surface area contributed by atoms with Crippen molar-refractivity contribution >= 4 is 28.3 Å². The number of nitrogens with one attached hydrogen (secondary N) is 1. The molecular weight excluding hydrogens is 516 g/mol. The first-order valence-corrected chi connectivity index (χ1v) is 14.7. The van der Waals surface area contributed by atoms with Gasteiger partial charge in [-0.3, -0.25) is 23.5 Å². The fourth-order valence-corrected chi connectivity index (χ4v) is 5.77. The molecule has 0 atom stereocenters. The highest BCUT2D eigenvalue weighted by molar-refractivity contribution is 5.81. The van der Waals surface area contributed by atoms with Crippen LogP contribution in [0.1, 0.15) is 56.9 Å². The molecule has 5 rings (SSSR count). The molecule has 0 saturated heterocycles. The molecule has 2 aromatic carbocycles. The van der Waals surface area contributed by atoms with Gasteiger partial charge in [0.25, 0.3) is 5.56 Å². The number of amides is 2. The Bertz CT molecular complexity index is 1580. The molecule has 214 valence electrons. The molecule has 1 N–H and O–H groups in total. The van der Waals surface area contributed by atoms with Gasteiger partial charge in [0.05, 0.1) is 10.9 Å². The van der Waals surface area contributed by atoms with Crippen LogP contribution in [0.15, 0.2) is 81.9 Å². The standard InChI is InChI=1S/C33H38N4O4/c38-30(34-20-17-25-10-3-1-4-11-25)24-37-29-15-8-7-14-28(29)32(40)36(33(37)41)21-9-16-31(39)35-22-18-27(19-23-35)26-12-5-2-6-13-26/h2,5-8,10,12-15,18H,1,3-4,9,11,16-17,19-24H2,(H,34,38). The number of hydrogen-bond donors (Lipinski definition) is 1. The van der Waals surface area contributed by atoms with E-state index in [-0.39, 0.29) is 31.3 Å². The number of nitrogens with zero attached hydrogens (tertiary/aromatic N) is 3. The lowest BCUT2D eigenvalue weighted by Crippen LogP contribution is -2.43. The molecule has 0 fully saturated rings. The first-order chi connectivity index (χ1) is 20.0. The third-order valence-corrected chi connectivity index (χ3v) is 8.07. The van der Waals surface area contributed by atoms with Gasteiger partial charge in [0.2, 0.25) is 11.8 Å². The zero-order valence-electron chi connectivity index (χ0n) is 23.5. The van der Waals surface area contributed by atoms with Crippen LogP contribution in [-0.2, 0) is 22.7 Å². The Kier molecular flexibility index (Phi) is 9.29. The molecule has 3 aromatic rings. The van der Waals surface area contributed by atoms with Gasteiger partial charge in [-0.05, 0) is 68.2 Å². The summed E-state index contributed by atoms with van der Waals surface area (Å²) in [5, 5.41) is 3.31. The summed E-state index contributed by atoms with van der Waals surface area (Å²) in [6, 6.07) is 17.0. The predicted molar refractivity (Wildman–Crippen MR) is 161 cm³/mol. The van der Waals surface area contributed by atoms with Crippen molar-refractivity contribution in [2.45, 2.75) is 64.5 Å². The molecule has 1 aliphatic heterocycles. The van der Waals surface area contributed by atoms with E-state index in [9.17, 15) is 19.2 Å². The maximum absolute atomic E-state index is 13.4. The van der Waals surface area contributed by atoms with E-state index in [1.165, 1.54) is 38.7 Å². The number of para-hydroxylation sites is 1. The lowest BCUT2D eigenvalue weighted by molar-refractivity contribution is -0.131. The Morgan fingerprint density at radius 2 is 1.68 bits per heavy atom. The number of fused-ring (bicyclic) bond motifs is 1. The molecule has 1 aliphatic carbocycles. The van der Waals surface area contributed by atoms with E-state index in [0.29, 0.717) is 37.0 Å². The topological polar surface area (TPSA) is 93.4 Å². The normalized spacial score (nSPS) is 15.4. The van der Waals surface area contributed by atoms with Crippen LogP contribution in [0.5, 0.6) is 0 Å². The molecule has 8 heteroatoms.